The first-order valence-corrected chi connectivity index (χ1v) is 5.30. The zero-order chi connectivity index (χ0) is 11.0. The van der Waals surface area contributed by atoms with Gasteiger partial charge in [0.25, 0.3) is 0 Å². The topological polar surface area (TPSA) is 56.3 Å². The third-order valence-corrected chi connectivity index (χ3v) is 2.83. The van der Waals surface area contributed by atoms with E-state index in [0.717, 1.165) is 29.7 Å². The summed E-state index contributed by atoms with van der Waals surface area (Å²) in [5.74, 6) is 0. The number of halogens is 1. The fraction of sp³-hybridized carbons (Fsp3) is 0.273. The van der Waals surface area contributed by atoms with Crippen molar-refractivity contribution >= 4 is 35.3 Å². The Bertz CT molecular complexity index is 548. The molecule has 2 N–H and O–H groups in total. The lowest BCUT2D eigenvalue weighted by Gasteiger charge is -2.18. The molecule has 17 heavy (non-hydrogen) atoms. The van der Waals surface area contributed by atoms with E-state index in [1.807, 2.05) is 17.5 Å². The molecule has 0 saturated heterocycles. The van der Waals surface area contributed by atoms with Crippen LogP contribution < -0.4 is 5.43 Å². The third-order valence-electron chi connectivity index (χ3n) is 2.83. The van der Waals surface area contributed by atoms with Crippen molar-refractivity contribution in [3.8, 4) is 0 Å². The second-order valence-electron chi connectivity index (χ2n) is 3.90. The molecule has 0 unspecified atom stereocenters. The molecule has 1 aliphatic rings. The number of hydrogen-bond donors (Lipinski definition) is 2. The molecule has 0 fully saturated rings. The standard InChI is InChI=1S/C11H13N5.ClH/c1-8-10(15-16-5-4-12-7-16)3-2-9-6-13-14-11(8)9;/h2-3,6-7,15H,4-5H2,1H3,(H,13,14);1H. The number of benzene rings is 1. The average Bonchev–Trinajstić information content (AvgIpc) is 2.93. The van der Waals surface area contributed by atoms with Crippen molar-refractivity contribution < 1.29 is 0 Å². The van der Waals surface area contributed by atoms with Gasteiger partial charge in [0.15, 0.2) is 0 Å². The number of aromatic amines is 1. The lowest BCUT2D eigenvalue weighted by atomic mass is 10.1. The number of hydrogen-bond acceptors (Lipinski definition) is 4. The quantitative estimate of drug-likeness (QED) is 0.858. The molecule has 3 rings (SSSR count). The van der Waals surface area contributed by atoms with Crippen LogP contribution in [-0.4, -0.2) is 34.6 Å². The van der Waals surface area contributed by atoms with E-state index in [-0.39, 0.29) is 12.4 Å². The zero-order valence-electron chi connectivity index (χ0n) is 9.47. The van der Waals surface area contributed by atoms with Gasteiger partial charge in [-0.2, -0.15) is 5.10 Å². The van der Waals surface area contributed by atoms with Crippen molar-refractivity contribution in [2.24, 2.45) is 4.99 Å². The number of hydrazine groups is 1. The Kier molecular flexibility index (Phi) is 3.19. The van der Waals surface area contributed by atoms with Crippen molar-refractivity contribution in [2.45, 2.75) is 6.92 Å². The number of aliphatic imine (C=N–C) groups is 1. The van der Waals surface area contributed by atoms with Crippen molar-refractivity contribution in [3.05, 3.63) is 23.9 Å². The number of rotatable bonds is 2. The molecule has 1 aliphatic heterocycles. The molecule has 0 radical (unpaired) electrons. The number of anilines is 1. The van der Waals surface area contributed by atoms with Crippen molar-refractivity contribution in [1.82, 2.24) is 15.2 Å². The average molecular weight is 252 g/mol. The SMILES string of the molecule is Cc1c(NN2C=NCC2)ccc2cn[nH]c12.Cl. The minimum atomic E-state index is 0. The number of H-pyrrole nitrogens is 1. The van der Waals surface area contributed by atoms with Crippen molar-refractivity contribution in [1.29, 1.82) is 0 Å². The Morgan fingerprint density at radius 3 is 3.06 bits per heavy atom. The van der Waals surface area contributed by atoms with Crippen LogP contribution in [0.2, 0.25) is 0 Å². The molecule has 1 aromatic heterocycles. The lowest BCUT2D eigenvalue weighted by molar-refractivity contribution is 0.557. The molecule has 6 heteroatoms. The fourth-order valence-electron chi connectivity index (χ4n) is 1.90. The summed E-state index contributed by atoms with van der Waals surface area (Å²) in [4.78, 5) is 4.16. The first-order valence-electron chi connectivity index (χ1n) is 5.30. The molecule has 1 aromatic carbocycles. The van der Waals surface area contributed by atoms with Crippen molar-refractivity contribution in [2.75, 3.05) is 18.5 Å². The maximum atomic E-state index is 4.16. The predicted molar refractivity (Wildman–Crippen MR) is 71.8 cm³/mol. The van der Waals surface area contributed by atoms with Gasteiger partial charge in [-0.3, -0.25) is 20.5 Å². The highest BCUT2D eigenvalue weighted by Gasteiger charge is 2.09. The van der Waals surface area contributed by atoms with Gasteiger partial charge in [0, 0.05) is 5.39 Å². The first kappa shape index (κ1) is 11.7. The van der Waals surface area contributed by atoms with Crippen LogP contribution in [0.1, 0.15) is 5.56 Å². The number of nitrogens with one attached hydrogen (secondary N) is 2. The molecule has 0 atom stereocenters. The summed E-state index contributed by atoms with van der Waals surface area (Å²) in [7, 11) is 0. The number of aryl methyl sites for hydroxylation is 1. The second kappa shape index (κ2) is 4.63. The van der Waals surface area contributed by atoms with Gasteiger partial charge in [0.2, 0.25) is 0 Å². The van der Waals surface area contributed by atoms with E-state index in [2.05, 4.69) is 39.7 Å². The molecule has 2 aromatic rings. The highest BCUT2D eigenvalue weighted by molar-refractivity contribution is 5.86. The molecule has 0 amide bonds. The molecule has 0 bridgehead atoms. The van der Waals surface area contributed by atoms with Gasteiger partial charge in [-0.1, -0.05) is 0 Å². The van der Waals surface area contributed by atoms with E-state index in [1.54, 1.807) is 0 Å². The van der Waals surface area contributed by atoms with Gasteiger partial charge >= 0.3 is 0 Å². The molecular formula is C11H14ClN5. The van der Waals surface area contributed by atoms with Crippen LogP contribution in [0.15, 0.2) is 23.3 Å². The van der Waals surface area contributed by atoms with Gasteiger partial charge in [0.05, 0.1) is 30.5 Å². The van der Waals surface area contributed by atoms with Crippen LogP contribution in [0.5, 0.6) is 0 Å². The monoisotopic (exact) mass is 251 g/mol. The highest BCUT2D eigenvalue weighted by Crippen LogP contribution is 2.23. The van der Waals surface area contributed by atoms with Crippen LogP contribution in [-0.2, 0) is 0 Å². The van der Waals surface area contributed by atoms with Gasteiger partial charge in [-0.15, -0.1) is 12.4 Å². The Labute approximate surface area is 105 Å². The van der Waals surface area contributed by atoms with E-state index < -0.39 is 0 Å². The molecule has 0 aliphatic carbocycles. The van der Waals surface area contributed by atoms with Crippen LogP contribution in [0.25, 0.3) is 10.9 Å². The van der Waals surface area contributed by atoms with E-state index >= 15 is 0 Å². The van der Waals surface area contributed by atoms with Gasteiger partial charge in [-0.05, 0) is 24.6 Å². The number of nitrogens with zero attached hydrogens (tertiary/aromatic N) is 3. The van der Waals surface area contributed by atoms with Gasteiger partial charge in [0.1, 0.15) is 6.34 Å². The summed E-state index contributed by atoms with van der Waals surface area (Å²) in [6.07, 6.45) is 3.67. The van der Waals surface area contributed by atoms with Gasteiger partial charge in [-0.25, -0.2) is 0 Å². The number of fused-ring (bicyclic) bond motifs is 1. The maximum absolute atomic E-state index is 4.16. The summed E-state index contributed by atoms with van der Waals surface area (Å²) in [5, 5.41) is 10.2. The third kappa shape index (κ3) is 2.06. The van der Waals surface area contributed by atoms with Crippen LogP contribution >= 0.6 is 12.4 Å². The summed E-state index contributed by atoms with van der Waals surface area (Å²) < 4.78 is 0. The van der Waals surface area contributed by atoms with Crippen LogP contribution in [0.4, 0.5) is 5.69 Å². The molecule has 0 saturated carbocycles. The summed E-state index contributed by atoms with van der Waals surface area (Å²) in [6, 6.07) is 4.13. The van der Waals surface area contributed by atoms with E-state index in [0.29, 0.717) is 0 Å². The molecule has 2 heterocycles. The molecule has 90 valence electrons. The minimum absolute atomic E-state index is 0. The first-order chi connectivity index (χ1) is 7.84. The lowest BCUT2D eigenvalue weighted by Crippen LogP contribution is -2.26. The van der Waals surface area contributed by atoms with E-state index in [9.17, 15) is 0 Å². The fourth-order valence-corrected chi connectivity index (χ4v) is 1.90. The Hall–Kier alpha value is -1.75. The Balaban J connectivity index is 0.00000108. The maximum Gasteiger partial charge on any atom is 0.104 e. The largest absolute Gasteiger partial charge is 0.297 e. The second-order valence-corrected chi connectivity index (χ2v) is 3.90. The summed E-state index contributed by atoms with van der Waals surface area (Å²) in [6.45, 7) is 3.86. The number of aromatic nitrogens is 2. The van der Waals surface area contributed by atoms with Crippen molar-refractivity contribution in [3.63, 3.8) is 0 Å². The Morgan fingerprint density at radius 2 is 2.29 bits per heavy atom. The molecular weight excluding hydrogens is 238 g/mol. The van der Waals surface area contributed by atoms with Gasteiger partial charge < -0.3 is 0 Å². The van der Waals surface area contributed by atoms with E-state index in [1.165, 1.54) is 5.56 Å². The normalized spacial score (nSPS) is 14.1. The highest BCUT2D eigenvalue weighted by atomic mass is 35.5. The minimum Gasteiger partial charge on any atom is -0.297 e. The smallest absolute Gasteiger partial charge is 0.104 e. The Morgan fingerprint density at radius 1 is 1.41 bits per heavy atom. The van der Waals surface area contributed by atoms with Crippen LogP contribution in [0, 0.1) is 6.92 Å². The summed E-state index contributed by atoms with van der Waals surface area (Å²) in [5.41, 5.74) is 6.68. The molecule has 5 nitrogen and oxygen atoms in total. The van der Waals surface area contributed by atoms with E-state index in [4.69, 9.17) is 0 Å². The molecule has 0 spiro atoms. The van der Waals surface area contributed by atoms with Crippen LogP contribution in [0.3, 0.4) is 0 Å². The predicted octanol–water partition coefficient (Wildman–Crippen LogP) is 1.96. The zero-order valence-corrected chi connectivity index (χ0v) is 10.3. The summed E-state index contributed by atoms with van der Waals surface area (Å²) >= 11 is 0.